The molecule has 0 bridgehead atoms. The fraction of sp³-hybridized carbons (Fsp3) is 0.286. The molecule has 1 fully saturated rings. The topological polar surface area (TPSA) is 158 Å². The molecular formula is C21H24N4O6S. The number of amides is 1. The van der Waals surface area contributed by atoms with Gasteiger partial charge in [-0.05, 0) is 30.2 Å². The molecule has 2 aromatic heterocycles. The summed E-state index contributed by atoms with van der Waals surface area (Å²) in [5, 5.41) is 6.79. The van der Waals surface area contributed by atoms with Crippen LogP contribution in [0, 0.1) is 0 Å². The molecule has 1 aliphatic heterocycles. The fourth-order valence-electron chi connectivity index (χ4n) is 2.93. The Bertz CT molecular complexity index is 1160. The first kappa shape index (κ1) is 23.4. The number of nitrogens with zero attached hydrogens (tertiary/aromatic N) is 2. The maximum atomic E-state index is 12.3. The predicted molar refractivity (Wildman–Crippen MR) is 119 cm³/mol. The summed E-state index contributed by atoms with van der Waals surface area (Å²) in [6.45, 7) is 3.28. The zero-order chi connectivity index (χ0) is 23.4. The molecule has 0 aliphatic carbocycles. The molecule has 0 radical (unpaired) electrons. The minimum Gasteiger partial charge on any atom is -0.384 e. The highest BCUT2D eigenvalue weighted by atomic mass is 32.2. The van der Waals surface area contributed by atoms with Gasteiger partial charge in [-0.15, -0.1) is 0 Å². The molecule has 4 rings (SSSR count). The van der Waals surface area contributed by atoms with Crippen molar-refractivity contribution in [3.8, 4) is 11.1 Å². The van der Waals surface area contributed by atoms with E-state index in [4.69, 9.17) is 19.5 Å². The minimum absolute atomic E-state index is 0.126. The summed E-state index contributed by atoms with van der Waals surface area (Å²) in [6, 6.07) is 13.2. The van der Waals surface area contributed by atoms with Crippen molar-refractivity contribution < 1.29 is 27.0 Å². The quantitative estimate of drug-likeness (QED) is 0.486. The summed E-state index contributed by atoms with van der Waals surface area (Å²) < 4.78 is 36.3. The van der Waals surface area contributed by atoms with Crippen LogP contribution in [0.25, 0.3) is 11.1 Å². The molecule has 11 heteroatoms. The molecule has 3 heterocycles. The molecule has 1 aliphatic rings. The Hall–Kier alpha value is -3.28. The highest BCUT2D eigenvalue weighted by Gasteiger charge is 2.38. The first-order valence-electron chi connectivity index (χ1n) is 9.60. The number of benzene rings is 1. The van der Waals surface area contributed by atoms with Crippen LogP contribution in [0.4, 0.5) is 11.7 Å². The molecule has 10 nitrogen and oxygen atoms in total. The average Bonchev–Trinajstić information content (AvgIpc) is 3.15. The second-order valence-corrected chi connectivity index (χ2v) is 9.22. The molecule has 0 unspecified atom stereocenters. The highest BCUT2D eigenvalue weighted by Crippen LogP contribution is 2.32. The second-order valence-electron chi connectivity index (χ2n) is 7.76. The van der Waals surface area contributed by atoms with Gasteiger partial charge in [-0.2, -0.15) is 8.42 Å². The number of pyridine rings is 1. The number of nitrogens with one attached hydrogen (secondary N) is 1. The van der Waals surface area contributed by atoms with E-state index in [2.05, 4.69) is 22.4 Å². The highest BCUT2D eigenvalue weighted by molar-refractivity contribution is 7.85. The second kappa shape index (κ2) is 9.47. The Morgan fingerprint density at radius 2 is 1.81 bits per heavy atom. The van der Waals surface area contributed by atoms with E-state index in [9.17, 15) is 13.2 Å². The third kappa shape index (κ3) is 6.61. The zero-order valence-electron chi connectivity index (χ0n) is 17.6. The van der Waals surface area contributed by atoms with E-state index in [1.165, 1.54) is 0 Å². The monoisotopic (exact) mass is 460 g/mol. The zero-order valence-corrected chi connectivity index (χ0v) is 18.4. The van der Waals surface area contributed by atoms with Crippen LogP contribution in [-0.4, -0.2) is 48.5 Å². The van der Waals surface area contributed by atoms with Crippen molar-refractivity contribution in [1.82, 2.24) is 10.1 Å². The van der Waals surface area contributed by atoms with E-state index in [1.54, 1.807) is 18.3 Å². The number of carbonyl (C=O) groups excluding carboxylic acids is 1. The van der Waals surface area contributed by atoms with Crippen LogP contribution in [0.2, 0.25) is 0 Å². The van der Waals surface area contributed by atoms with Gasteiger partial charge in [0.25, 0.3) is 10.1 Å². The van der Waals surface area contributed by atoms with E-state index in [1.807, 2.05) is 30.3 Å². The van der Waals surface area contributed by atoms with Crippen molar-refractivity contribution in [3.05, 3.63) is 59.9 Å². The number of nitrogen functional groups attached to an aromatic ring is 1. The SMILES string of the molecule is CC1(c2cc(NC(=O)Cc3ccc(-c4ccc(N)nc4)cc3)on2)COC1.CS(=O)(=O)O. The standard InChI is InChI=1S/C20H20N4O3.CH4O3S/c1-20(11-26-12-20)16-9-19(27-24-16)23-18(25)8-13-2-4-14(5-3-13)15-6-7-17(21)22-10-15;1-5(2,3)4/h2-7,9-10H,8,11-12H2,1H3,(H2,21,22)(H,23,25);1H3,(H,2,3,4). The average molecular weight is 461 g/mol. The van der Waals surface area contributed by atoms with Crippen LogP contribution in [0.15, 0.2) is 53.2 Å². The van der Waals surface area contributed by atoms with Gasteiger partial charge in [-0.25, -0.2) is 4.98 Å². The fourth-order valence-corrected chi connectivity index (χ4v) is 2.93. The summed E-state index contributed by atoms with van der Waals surface area (Å²) >= 11 is 0. The number of hydrogen-bond acceptors (Lipinski definition) is 8. The van der Waals surface area contributed by atoms with Crippen molar-refractivity contribution in [2.24, 2.45) is 0 Å². The van der Waals surface area contributed by atoms with Gasteiger partial charge in [-0.1, -0.05) is 29.4 Å². The van der Waals surface area contributed by atoms with Crippen LogP contribution in [0.5, 0.6) is 0 Å². The third-order valence-corrected chi connectivity index (χ3v) is 4.67. The summed E-state index contributed by atoms with van der Waals surface area (Å²) in [4.78, 5) is 16.4. The van der Waals surface area contributed by atoms with Gasteiger partial charge in [-0.3, -0.25) is 14.7 Å². The molecule has 4 N–H and O–H groups in total. The lowest BCUT2D eigenvalue weighted by Crippen LogP contribution is -2.44. The van der Waals surface area contributed by atoms with E-state index < -0.39 is 10.1 Å². The van der Waals surface area contributed by atoms with E-state index in [-0.39, 0.29) is 17.7 Å². The Labute approximate surface area is 185 Å². The Balaban J connectivity index is 0.000000523. The molecule has 1 saturated heterocycles. The van der Waals surface area contributed by atoms with Crippen molar-refractivity contribution in [2.45, 2.75) is 18.8 Å². The van der Waals surface area contributed by atoms with Crippen LogP contribution in [-0.2, 0) is 31.5 Å². The lowest BCUT2D eigenvalue weighted by molar-refractivity contribution is -0.115. The van der Waals surface area contributed by atoms with Crippen molar-refractivity contribution in [1.29, 1.82) is 0 Å². The van der Waals surface area contributed by atoms with Gasteiger partial charge >= 0.3 is 0 Å². The number of carbonyl (C=O) groups is 1. The van der Waals surface area contributed by atoms with Crippen molar-refractivity contribution >= 4 is 27.7 Å². The molecule has 0 atom stereocenters. The van der Waals surface area contributed by atoms with Gasteiger partial charge in [0.1, 0.15) is 5.82 Å². The number of rotatable bonds is 5. The number of anilines is 2. The smallest absolute Gasteiger partial charge is 0.261 e. The predicted octanol–water partition coefficient (Wildman–Crippen LogP) is 2.29. The molecule has 32 heavy (non-hydrogen) atoms. The Kier molecular flexibility index (Phi) is 6.92. The normalized spacial score (nSPS) is 14.6. The Morgan fingerprint density at radius 3 is 2.34 bits per heavy atom. The molecule has 170 valence electrons. The van der Waals surface area contributed by atoms with Gasteiger partial charge in [0.2, 0.25) is 11.8 Å². The van der Waals surface area contributed by atoms with Crippen LogP contribution < -0.4 is 11.1 Å². The van der Waals surface area contributed by atoms with Gasteiger partial charge in [0.05, 0.1) is 37.0 Å². The summed E-state index contributed by atoms with van der Waals surface area (Å²) in [5.74, 6) is 0.684. The number of nitrogens with two attached hydrogens (primary N) is 1. The number of ether oxygens (including phenoxy) is 1. The van der Waals surface area contributed by atoms with Crippen molar-refractivity contribution in [2.75, 3.05) is 30.5 Å². The Morgan fingerprint density at radius 1 is 1.19 bits per heavy atom. The molecular weight excluding hydrogens is 436 g/mol. The molecule has 0 spiro atoms. The maximum Gasteiger partial charge on any atom is 0.261 e. The minimum atomic E-state index is -3.67. The van der Waals surface area contributed by atoms with Crippen LogP contribution >= 0.6 is 0 Å². The van der Waals surface area contributed by atoms with Crippen LogP contribution in [0.3, 0.4) is 0 Å². The van der Waals surface area contributed by atoms with Gasteiger partial charge in [0, 0.05) is 17.8 Å². The summed E-state index contributed by atoms with van der Waals surface area (Å²) in [5.41, 5.74) is 9.17. The van der Waals surface area contributed by atoms with E-state index in [0.717, 1.165) is 22.4 Å². The lowest BCUT2D eigenvalue weighted by Gasteiger charge is -2.35. The summed E-state index contributed by atoms with van der Waals surface area (Å²) in [7, 11) is -3.67. The largest absolute Gasteiger partial charge is 0.384 e. The molecule has 1 aromatic carbocycles. The first-order chi connectivity index (χ1) is 15.0. The number of aromatic nitrogens is 2. The number of hydrogen-bond donors (Lipinski definition) is 3. The molecule has 1 amide bonds. The molecule has 3 aromatic rings. The van der Waals surface area contributed by atoms with E-state index in [0.29, 0.717) is 31.2 Å². The molecule has 0 saturated carbocycles. The maximum absolute atomic E-state index is 12.3. The van der Waals surface area contributed by atoms with Gasteiger partial charge < -0.3 is 15.0 Å². The van der Waals surface area contributed by atoms with Gasteiger partial charge in [0.15, 0.2) is 0 Å². The lowest BCUT2D eigenvalue weighted by atomic mass is 9.85. The first-order valence-corrected chi connectivity index (χ1v) is 11.4. The summed E-state index contributed by atoms with van der Waals surface area (Å²) in [6.07, 6.45) is 2.69. The third-order valence-electron chi connectivity index (χ3n) is 4.67. The van der Waals surface area contributed by atoms with Crippen molar-refractivity contribution in [3.63, 3.8) is 0 Å². The van der Waals surface area contributed by atoms with Crippen LogP contribution in [0.1, 0.15) is 18.2 Å². The van der Waals surface area contributed by atoms with E-state index >= 15 is 0 Å².